The minimum absolute atomic E-state index is 0.111. The van der Waals surface area contributed by atoms with Crippen LogP contribution in [0, 0.1) is 0 Å². The maximum atomic E-state index is 13.6. The molecule has 43 heavy (non-hydrogen) atoms. The maximum Gasteiger partial charge on any atom is 0.251 e. The SMILES string of the molecule is CN1CCC(c2ccc(C(=O)NCc3[nH]nc4ccc(Sc5cc(Cl)cc(Cl)c5)nc34)c(CNC3CCOCC3)c2)CC1. The van der Waals surface area contributed by atoms with E-state index in [-0.39, 0.29) is 12.5 Å². The van der Waals surface area contributed by atoms with Gasteiger partial charge in [0.15, 0.2) is 0 Å². The Bertz CT molecular complexity index is 1560. The van der Waals surface area contributed by atoms with Gasteiger partial charge in [-0.3, -0.25) is 9.89 Å². The molecule has 0 unspecified atom stereocenters. The number of pyridine rings is 1. The zero-order valence-electron chi connectivity index (χ0n) is 24.2. The predicted molar refractivity (Wildman–Crippen MR) is 172 cm³/mol. The summed E-state index contributed by atoms with van der Waals surface area (Å²) in [5, 5.41) is 16.2. The summed E-state index contributed by atoms with van der Waals surface area (Å²) in [7, 11) is 2.18. The standard InChI is InChI=1S/C32H36Cl2N6O2S/c1-40-10-6-20(7-11-40)21-2-3-27(22(14-21)18-35-25-8-12-42-13-9-25)32(41)36-19-29-31-28(38-39-29)4-5-30(37-31)43-26-16-23(33)15-24(34)17-26/h2-5,14-17,20,25,35H,6-13,18-19H2,1H3,(H,36,41)(H,38,39). The van der Waals surface area contributed by atoms with Crippen molar-refractivity contribution in [3.63, 3.8) is 0 Å². The minimum atomic E-state index is -0.111. The van der Waals surface area contributed by atoms with Gasteiger partial charge in [-0.1, -0.05) is 47.1 Å². The van der Waals surface area contributed by atoms with E-state index in [1.165, 1.54) is 17.3 Å². The van der Waals surface area contributed by atoms with Crippen LogP contribution >= 0.6 is 35.0 Å². The van der Waals surface area contributed by atoms with Gasteiger partial charge >= 0.3 is 0 Å². The third kappa shape index (κ3) is 7.71. The Balaban J connectivity index is 1.18. The molecule has 2 aromatic heterocycles. The summed E-state index contributed by atoms with van der Waals surface area (Å²) < 4.78 is 5.53. The molecule has 2 fully saturated rings. The zero-order chi connectivity index (χ0) is 29.8. The highest BCUT2D eigenvalue weighted by Crippen LogP contribution is 2.32. The van der Waals surface area contributed by atoms with Crippen LogP contribution in [-0.4, -0.2) is 65.4 Å². The Hall–Kier alpha value is -2.66. The van der Waals surface area contributed by atoms with E-state index < -0.39 is 0 Å². The highest BCUT2D eigenvalue weighted by atomic mass is 35.5. The second-order valence-corrected chi connectivity index (χ2v) is 13.3. The van der Waals surface area contributed by atoms with Crippen LogP contribution in [-0.2, 0) is 17.8 Å². The molecule has 0 saturated carbocycles. The highest BCUT2D eigenvalue weighted by molar-refractivity contribution is 7.99. The first kappa shape index (κ1) is 30.4. The van der Waals surface area contributed by atoms with Crippen LogP contribution in [0.25, 0.3) is 11.0 Å². The predicted octanol–water partition coefficient (Wildman–Crippen LogP) is 6.42. The van der Waals surface area contributed by atoms with Crippen molar-refractivity contribution in [1.82, 2.24) is 30.7 Å². The van der Waals surface area contributed by atoms with E-state index >= 15 is 0 Å². The van der Waals surface area contributed by atoms with E-state index in [2.05, 4.69) is 44.9 Å². The first-order valence-electron chi connectivity index (χ1n) is 14.8. The van der Waals surface area contributed by atoms with Crippen molar-refractivity contribution in [1.29, 1.82) is 0 Å². The van der Waals surface area contributed by atoms with Crippen molar-refractivity contribution in [3.8, 4) is 0 Å². The molecule has 2 aromatic carbocycles. The second-order valence-electron chi connectivity index (χ2n) is 11.4. The molecule has 1 amide bonds. The lowest BCUT2D eigenvalue weighted by Crippen LogP contribution is -2.35. The molecule has 4 heterocycles. The van der Waals surface area contributed by atoms with Gasteiger partial charge in [-0.25, -0.2) is 4.98 Å². The number of ether oxygens (including phenoxy) is 1. The molecule has 2 saturated heterocycles. The molecule has 2 aliphatic heterocycles. The summed E-state index contributed by atoms with van der Waals surface area (Å²) in [4.78, 5) is 21.7. The average Bonchev–Trinajstić information content (AvgIpc) is 3.41. The van der Waals surface area contributed by atoms with Crippen LogP contribution in [0.3, 0.4) is 0 Å². The number of benzene rings is 2. The molecule has 8 nitrogen and oxygen atoms in total. The number of likely N-dealkylation sites (tertiary alicyclic amines) is 1. The average molecular weight is 640 g/mol. The van der Waals surface area contributed by atoms with E-state index in [0.29, 0.717) is 34.1 Å². The quantitative estimate of drug-likeness (QED) is 0.195. The van der Waals surface area contributed by atoms with Crippen LogP contribution in [0.4, 0.5) is 0 Å². The summed E-state index contributed by atoms with van der Waals surface area (Å²) >= 11 is 13.8. The fourth-order valence-electron chi connectivity index (χ4n) is 5.81. The second kappa shape index (κ2) is 14.0. The molecule has 0 bridgehead atoms. The molecule has 11 heteroatoms. The highest BCUT2D eigenvalue weighted by Gasteiger charge is 2.22. The number of carbonyl (C=O) groups excluding carboxylic acids is 1. The van der Waals surface area contributed by atoms with Crippen molar-refractivity contribution in [2.24, 2.45) is 0 Å². The topological polar surface area (TPSA) is 95.2 Å². The molecule has 0 radical (unpaired) electrons. The van der Waals surface area contributed by atoms with Crippen molar-refractivity contribution in [2.75, 3.05) is 33.4 Å². The van der Waals surface area contributed by atoms with Crippen LogP contribution in [0.15, 0.2) is 58.5 Å². The molecule has 0 spiro atoms. The molecule has 6 rings (SSSR count). The van der Waals surface area contributed by atoms with Crippen molar-refractivity contribution < 1.29 is 9.53 Å². The van der Waals surface area contributed by atoms with E-state index in [9.17, 15) is 4.79 Å². The Morgan fingerprint density at radius 2 is 1.79 bits per heavy atom. The number of carbonyl (C=O) groups is 1. The van der Waals surface area contributed by atoms with Crippen molar-refractivity contribution in [3.05, 3.63) is 81.0 Å². The number of aromatic nitrogens is 3. The number of halogens is 2. The third-order valence-electron chi connectivity index (χ3n) is 8.30. The largest absolute Gasteiger partial charge is 0.381 e. The Labute approximate surface area is 266 Å². The van der Waals surface area contributed by atoms with Gasteiger partial charge in [0.1, 0.15) is 16.1 Å². The molecular formula is C32H36Cl2N6O2S. The number of nitrogens with one attached hydrogen (secondary N) is 3. The van der Waals surface area contributed by atoms with Crippen LogP contribution in [0.2, 0.25) is 10.0 Å². The monoisotopic (exact) mass is 638 g/mol. The smallest absolute Gasteiger partial charge is 0.251 e. The first-order valence-corrected chi connectivity index (χ1v) is 16.4. The van der Waals surface area contributed by atoms with Gasteiger partial charge in [-0.2, -0.15) is 5.10 Å². The van der Waals surface area contributed by atoms with Crippen molar-refractivity contribution >= 4 is 51.9 Å². The molecule has 0 atom stereocenters. The normalized spacial score (nSPS) is 17.0. The number of amides is 1. The number of fused-ring (bicyclic) bond motifs is 1. The number of aromatic amines is 1. The number of H-pyrrole nitrogens is 1. The summed E-state index contributed by atoms with van der Waals surface area (Å²) in [6, 6.07) is 16.0. The van der Waals surface area contributed by atoms with Gasteiger partial charge in [-0.15, -0.1) is 0 Å². The molecule has 3 N–H and O–H groups in total. The summed E-state index contributed by atoms with van der Waals surface area (Å²) in [6.45, 7) is 4.68. The number of rotatable bonds is 9. The molecule has 226 valence electrons. The maximum absolute atomic E-state index is 13.6. The van der Waals surface area contributed by atoms with Gasteiger partial charge < -0.3 is 20.3 Å². The van der Waals surface area contributed by atoms with Crippen molar-refractivity contribution in [2.45, 2.75) is 60.7 Å². The Kier molecular flexibility index (Phi) is 9.87. The number of hydrogen-bond acceptors (Lipinski definition) is 7. The lowest BCUT2D eigenvalue weighted by Gasteiger charge is -2.30. The molecule has 0 aliphatic carbocycles. The van der Waals surface area contributed by atoms with E-state index in [1.54, 1.807) is 6.07 Å². The Morgan fingerprint density at radius 3 is 2.56 bits per heavy atom. The minimum Gasteiger partial charge on any atom is -0.381 e. The van der Waals surface area contributed by atoms with E-state index in [4.69, 9.17) is 32.9 Å². The lowest BCUT2D eigenvalue weighted by atomic mass is 9.87. The van der Waals surface area contributed by atoms with Gasteiger partial charge in [0.25, 0.3) is 5.91 Å². The fourth-order valence-corrected chi connectivity index (χ4v) is 7.35. The van der Waals surface area contributed by atoms with Crippen LogP contribution < -0.4 is 10.6 Å². The third-order valence-corrected chi connectivity index (χ3v) is 9.64. The summed E-state index contributed by atoms with van der Waals surface area (Å²) in [5.74, 6) is 0.410. The van der Waals surface area contributed by atoms with Gasteiger partial charge in [0.2, 0.25) is 0 Å². The number of piperidine rings is 1. The zero-order valence-corrected chi connectivity index (χ0v) is 26.5. The van der Waals surface area contributed by atoms with Gasteiger partial charge in [-0.05, 0) is 99.3 Å². The molecular weight excluding hydrogens is 603 g/mol. The first-order chi connectivity index (χ1) is 20.9. The number of hydrogen-bond donors (Lipinski definition) is 3. The van der Waals surface area contributed by atoms with E-state index in [1.807, 2.05) is 30.3 Å². The van der Waals surface area contributed by atoms with Crippen LogP contribution in [0.1, 0.15) is 58.8 Å². The lowest BCUT2D eigenvalue weighted by molar-refractivity contribution is 0.0775. The van der Waals surface area contributed by atoms with Gasteiger partial charge in [0, 0.05) is 46.3 Å². The number of nitrogens with zero attached hydrogens (tertiary/aromatic N) is 3. The fraction of sp³-hybridized carbons (Fsp3) is 0.406. The van der Waals surface area contributed by atoms with Gasteiger partial charge in [0.05, 0.1) is 12.2 Å². The molecule has 2 aliphatic rings. The summed E-state index contributed by atoms with van der Waals surface area (Å²) in [6.07, 6.45) is 4.25. The van der Waals surface area contributed by atoms with Crippen LogP contribution in [0.5, 0.6) is 0 Å². The summed E-state index contributed by atoms with van der Waals surface area (Å²) in [5.41, 5.74) is 5.26. The molecule has 4 aromatic rings. The van der Waals surface area contributed by atoms with E-state index in [0.717, 1.165) is 84.2 Å². The Morgan fingerprint density at radius 1 is 1.02 bits per heavy atom.